The molecule has 0 aliphatic rings. The summed E-state index contributed by atoms with van der Waals surface area (Å²) in [5, 5.41) is 5.43. The maximum atomic E-state index is 12.3. The minimum Gasteiger partial charge on any atom is -0.466 e. The Labute approximate surface area is 140 Å². The number of hydrogen-bond acceptors (Lipinski definition) is 6. The predicted octanol–water partition coefficient (Wildman–Crippen LogP) is 1.43. The van der Waals surface area contributed by atoms with Crippen molar-refractivity contribution in [3.05, 3.63) is 30.1 Å². The number of esters is 1. The summed E-state index contributed by atoms with van der Waals surface area (Å²) in [5.74, 6) is -1.17. The first-order valence-corrected chi connectivity index (χ1v) is 7.44. The molecule has 0 N–H and O–H groups in total. The Morgan fingerprint density at radius 2 is 2.04 bits per heavy atom. The van der Waals surface area contributed by atoms with Crippen molar-refractivity contribution >= 4 is 34.9 Å². The Kier molecular flexibility index (Phi) is 7.27. The molecule has 7 nitrogen and oxygen atoms in total. The molecule has 23 heavy (non-hydrogen) atoms. The van der Waals surface area contributed by atoms with Crippen molar-refractivity contribution in [2.45, 2.75) is 20.3 Å². The van der Waals surface area contributed by atoms with E-state index in [0.29, 0.717) is 11.4 Å². The van der Waals surface area contributed by atoms with Crippen LogP contribution in [0.25, 0.3) is 0 Å². The van der Waals surface area contributed by atoms with Crippen LogP contribution in [0.2, 0.25) is 0 Å². The second-order valence-corrected chi connectivity index (χ2v) is 5.13. The average Bonchev–Trinajstić information content (AvgIpc) is 2.52. The monoisotopic (exact) mass is 336 g/mol. The van der Waals surface area contributed by atoms with Crippen molar-refractivity contribution in [2.75, 3.05) is 20.7 Å². The fraction of sp³-hybridized carbons (Fsp3) is 0.400. The van der Waals surface area contributed by atoms with Crippen LogP contribution >= 0.6 is 12.2 Å². The van der Waals surface area contributed by atoms with E-state index in [1.54, 1.807) is 51.2 Å². The number of carbonyl (C=O) groups is 2. The van der Waals surface area contributed by atoms with Gasteiger partial charge in [0.15, 0.2) is 5.11 Å². The Morgan fingerprint density at radius 3 is 2.57 bits per heavy atom. The molecule has 0 aliphatic carbocycles. The van der Waals surface area contributed by atoms with Gasteiger partial charge in [-0.05, 0) is 38.2 Å². The van der Waals surface area contributed by atoms with Crippen molar-refractivity contribution in [3.63, 3.8) is 0 Å². The smallest absolute Gasteiger partial charge is 0.315 e. The minimum atomic E-state index is -0.616. The third-order valence-corrected chi connectivity index (χ3v) is 3.22. The largest absolute Gasteiger partial charge is 0.466 e. The lowest BCUT2D eigenvalue weighted by Crippen LogP contribution is -2.41. The summed E-state index contributed by atoms with van der Waals surface area (Å²) in [4.78, 5) is 29.6. The van der Waals surface area contributed by atoms with Gasteiger partial charge in [0.25, 0.3) is 5.91 Å². The molecule has 0 saturated heterocycles. The molecule has 1 heterocycles. The second-order valence-electron chi connectivity index (χ2n) is 4.76. The van der Waals surface area contributed by atoms with Gasteiger partial charge in [-0.2, -0.15) is 10.1 Å². The molecule has 0 saturated carbocycles. The number of pyridine rings is 1. The number of rotatable bonds is 5. The van der Waals surface area contributed by atoms with E-state index in [1.807, 2.05) is 6.07 Å². The average molecular weight is 336 g/mol. The molecule has 0 spiro atoms. The van der Waals surface area contributed by atoms with Gasteiger partial charge in [-0.25, -0.2) is 0 Å². The number of ether oxygens (including phenoxy) is 1. The highest BCUT2D eigenvalue weighted by Crippen LogP contribution is 2.06. The highest BCUT2D eigenvalue weighted by Gasteiger charge is 2.23. The quantitative estimate of drug-likeness (QED) is 0.266. The van der Waals surface area contributed by atoms with Gasteiger partial charge in [-0.3, -0.25) is 14.6 Å². The predicted molar refractivity (Wildman–Crippen MR) is 90.8 cm³/mol. The lowest BCUT2D eigenvalue weighted by molar-refractivity contribution is -0.147. The van der Waals surface area contributed by atoms with Gasteiger partial charge >= 0.3 is 5.97 Å². The molecule has 0 aliphatic heterocycles. The molecule has 8 heteroatoms. The Hall–Kier alpha value is -2.35. The van der Waals surface area contributed by atoms with Gasteiger partial charge in [0, 0.05) is 20.3 Å². The molecule has 0 fully saturated rings. The normalized spacial score (nSPS) is 10.9. The molecule has 1 rings (SSSR count). The first-order chi connectivity index (χ1) is 10.9. The van der Waals surface area contributed by atoms with Crippen LogP contribution in [0.1, 0.15) is 26.0 Å². The van der Waals surface area contributed by atoms with Crippen LogP contribution in [-0.4, -0.2) is 58.3 Å². The van der Waals surface area contributed by atoms with Gasteiger partial charge < -0.3 is 9.64 Å². The van der Waals surface area contributed by atoms with Crippen molar-refractivity contribution < 1.29 is 14.3 Å². The number of hydrogen-bond donors (Lipinski definition) is 0. The molecular formula is C15H20N4O3S. The van der Waals surface area contributed by atoms with Crippen molar-refractivity contribution in [2.24, 2.45) is 5.10 Å². The first kappa shape index (κ1) is 18.7. The van der Waals surface area contributed by atoms with Gasteiger partial charge in [0.05, 0.1) is 18.0 Å². The number of thiocarbonyl (C=S) groups is 1. The molecule has 0 radical (unpaired) electrons. The zero-order chi connectivity index (χ0) is 17.4. The lowest BCUT2D eigenvalue weighted by Gasteiger charge is -2.23. The maximum absolute atomic E-state index is 12.3. The molecule has 1 amide bonds. The summed E-state index contributed by atoms with van der Waals surface area (Å²) in [7, 11) is 3.39. The van der Waals surface area contributed by atoms with Crippen LogP contribution in [0.4, 0.5) is 0 Å². The highest BCUT2D eigenvalue weighted by atomic mass is 32.1. The Morgan fingerprint density at radius 1 is 1.35 bits per heavy atom. The van der Waals surface area contributed by atoms with Crippen LogP contribution in [0.3, 0.4) is 0 Å². The summed E-state index contributed by atoms with van der Waals surface area (Å²) in [6.07, 6.45) is 1.20. The van der Waals surface area contributed by atoms with E-state index >= 15 is 0 Å². The van der Waals surface area contributed by atoms with E-state index in [0.717, 1.165) is 5.01 Å². The standard InChI is InChI=1S/C15H20N4O3S/c1-5-22-14(21)10-13(20)19(15(23)18(3)4)17-11(2)12-8-6-7-9-16-12/h6-9H,5,10H2,1-4H3/b17-11+. The molecule has 0 bridgehead atoms. The minimum absolute atomic E-state index is 0.176. The van der Waals surface area contributed by atoms with Crippen molar-refractivity contribution in [1.29, 1.82) is 0 Å². The van der Waals surface area contributed by atoms with Gasteiger partial charge in [0.1, 0.15) is 6.42 Å². The molecule has 0 atom stereocenters. The van der Waals surface area contributed by atoms with E-state index in [4.69, 9.17) is 17.0 Å². The molecule has 0 unspecified atom stereocenters. The zero-order valence-corrected chi connectivity index (χ0v) is 14.5. The first-order valence-electron chi connectivity index (χ1n) is 7.03. The highest BCUT2D eigenvalue weighted by molar-refractivity contribution is 7.80. The van der Waals surface area contributed by atoms with Crippen LogP contribution in [-0.2, 0) is 14.3 Å². The maximum Gasteiger partial charge on any atom is 0.315 e. The SMILES string of the molecule is CCOC(=O)CC(=O)N(/N=C(\C)c1ccccn1)C(=S)N(C)C. The summed E-state index contributed by atoms with van der Waals surface area (Å²) in [5.41, 5.74) is 1.12. The number of amides is 1. The topological polar surface area (TPSA) is 75.1 Å². The van der Waals surface area contributed by atoms with Crippen LogP contribution in [0.5, 0.6) is 0 Å². The van der Waals surface area contributed by atoms with E-state index in [9.17, 15) is 9.59 Å². The van der Waals surface area contributed by atoms with E-state index in [-0.39, 0.29) is 11.7 Å². The fourth-order valence-corrected chi connectivity index (χ4v) is 1.73. The summed E-state index contributed by atoms with van der Waals surface area (Å²) in [6, 6.07) is 5.37. The Bertz CT molecular complexity index is 602. The van der Waals surface area contributed by atoms with E-state index < -0.39 is 18.3 Å². The van der Waals surface area contributed by atoms with Gasteiger partial charge in [0.2, 0.25) is 0 Å². The number of aromatic nitrogens is 1. The van der Waals surface area contributed by atoms with Crippen molar-refractivity contribution in [3.8, 4) is 0 Å². The zero-order valence-electron chi connectivity index (χ0n) is 13.6. The van der Waals surface area contributed by atoms with E-state index in [2.05, 4.69) is 10.1 Å². The molecule has 124 valence electrons. The summed E-state index contributed by atoms with van der Waals surface area (Å²) in [6.45, 7) is 3.60. The summed E-state index contributed by atoms with van der Waals surface area (Å²) >= 11 is 5.21. The number of hydrazone groups is 1. The third-order valence-electron chi connectivity index (χ3n) is 2.69. The lowest BCUT2D eigenvalue weighted by atomic mass is 10.3. The fourth-order valence-electron chi connectivity index (χ4n) is 1.58. The number of carbonyl (C=O) groups excluding carboxylic acids is 2. The number of nitrogens with zero attached hydrogens (tertiary/aromatic N) is 4. The van der Waals surface area contributed by atoms with Gasteiger partial charge in [-0.15, -0.1) is 0 Å². The summed E-state index contributed by atoms with van der Waals surface area (Å²) < 4.78 is 4.79. The molecular weight excluding hydrogens is 316 g/mol. The third kappa shape index (κ3) is 5.74. The van der Waals surface area contributed by atoms with Crippen LogP contribution in [0, 0.1) is 0 Å². The molecule has 1 aromatic rings. The van der Waals surface area contributed by atoms with Crippen LogP contribution < -0.4 is 0 Å². The Balaban J connectivity index is 3.04. The van der Waals surface area contributed by atoms with Gasteiger partial charge in [-0.1, -0.05) is 6.07 Å². The van der Waals surface area contributed by atoms with Crippen molar-refractivity contribution in [1.82, 2.24) is 14.9 Å². The molecule has 1 aromatic heterocycles. The van der Waals surface area contributed by atoms with E-state index in [1.165, 1.54) is 0 Å². The molecule has 0 aromatic carbocycles. The second kappa shape index (κ2) is 8.94. The van der Waals surface area contributed by atoms with Crippen LogP contribution in [0.15, 0.2) is 29.5 Å².